The van der Waals surface area contributed by atoms with Crippen LogP contribution in [0.5, 0.6) is 0 Å². The molecule has 1 unspecified atom stereocenters. The lowest BCUT2D eigenvalue weighted by Gasteiger charge is -2.36. The van der Waals surface area contributed by atoms with Crippen LogP contribution in [-0.4, -0.2) is 35.4 Å². The van der Waals surface area contributed by atoms with Crippen molar-refractivity contribution in [2.24, 2.45) is 0 Å². The van der Waals surface area contributed by atoms with Crippen molar-refractivity contribution in [3.05, 3.63) is 11.1 Å². The fourth-order valence-electron chi connectivity index (χ4n) is 1.29. The maximum atomic E-state index is 11.3. The van der Waals surface area contributed by atoms with Crippen LogP contribution in [0, 0.1) is 0 Å². The van der Waals surface area contributed by atoms with E-state index in [2.05, 4.69) is 4.98 Å². The van der Waals surface area contributed by atoms with E-state index < -0.39 is 12.2 Å². The van der Waals surface area contributed by atoms with Crippen LogP contribution in [0.25, 0.3) is 0 Å². The molecule has 0 spiro atoms. The molecule has 1 aromatic heterocycles. The number of esters is 1. The number of thiazole rings is 1. The summed E-state index contributed by atoms with van der Waals surface area (Å²) in [5.41, 5.74) is 0.316. The Morgan fingerprint density at radius 3 is 3.20 bits per heavy atom. The minimum atomic E-state index is -0.453. The molecule has 1 atom stereocenters. The predicted octanol–water partition coefficient (Wildman–Crippen LogP) is 0.848. The zero-order chi connectivity index (χ0) is 10.8. The molecule has 6 heteroatoms. The highest BCUT2D eigenvalue weighted by atomic mass is 32.1. The fourth-order valence-corrected chi connectivity index (χ4v) is 2.16. The number of nitrogens with zero attached hydrogens (tertiary/aromatic N) is 2. The molecule has 1 fully saturated rings. The monoisotopic (exact) mass is 228 g/mol. The summed E-state index contributed by atoms with van der Waals surface area (Å²) in [5.74, 6) is -0.407. The smallest absolute Gasteiger partial charge is 0.357 e. The number of aliphatic hydroxyl groups excluding tert-OH is 1. The highest BCUT2D eigenvalue weighted by molar-refractivity contribution is 7.14. The zero-order valence-electron chi connectivity index (χ0n) is 8.34. The molecule has 0 amide bonds. The predicted molar refractivity (Wildman–Crippen MR) is 56.0 cm³/mol. The average Bonchev–Trinajstić information content (AvgIpc) is 2.65. The van der Waals surface area contributed by atoms with E-state index in [0.717, 1.165) is 13.0 Å². The van der Waals surface area contributed by atoms with Crippen molar-refractivity contribution in [1.82, 2.24) is 4.98 Å². The Balaban J connectivity index is 2.06. The maximum Gasteiger partial charge on any atom is 0.357 e. The molecule has 0 saturated carbocycles. The molecule has 1 saturated heterocycles. The van der Waals surface area contributed by atoms with Gasteiger partial charge < -0.3 is 14.7 Å². The van der Waals surface area contributed by atoms with E-state index in [-0.39, 0.29) is 0 Å². The summed E-state index contributed by atoms with van der Waals surface area (Å²) in [6.07, 6.45) is 0.306. The van der Waals surface area contributed by atoms with Gasteiger partial charge in [-0.1, -0.05) is 0 Å². The second kappa shape index (κ2) is 4.16. The molecule has 0 aliphatic carbocycles. The quantitative estimate of drug-likeness (QED) is 0.777. The van der Waals surface area contributed by atoms with Crippen molar-refractivity contribution in [2.45, 2.75) is 19.6 Å². The van der Waals surface area contributed by atoms with Crippen molar-refractivity contribution in [3.8, 4) is 0 Å². The van der Waals surface area contributed by atoms with Crippen molar-refractivity contribution >= 4 is 22.4 Å². The van der Waals surface area contributed by atoms with Gasteiger partial charge in [0.05, 0.1) is 6.61 Å². The van der Waals surface area contributed by atoms with Crippen LogP contribution in [0.2, 0.25) is 0 Å². The van der Waals surface area contributed by atoms with Gasteiger partial charge in [0.25, 0.3) is 0 Å². The Morgan fingerprint density at radius 2 is 2.67 bits per heavy atom. The summed E-state index contributed by atoms with van der Waals surface area (Å²) in [7, 11) is 0. The largest absolute Gasteiger partial charge is 0.461 e. The number of aromatic nitrogens is 1. The van der Waals surface area contributed by atoms with Gasteiger partial charge in [-0.25, -0.2) is 9.78 Å². The van der Waals surface area contributed by atoms with Gasteiger partial charge in [0.1, 0.15) is 6.23 Å². The van der Waals surface area contributed by atoms with Crippen molar-refractivity contribution < 1.29 is 14.6 Å². The van der Waals surface area contributed by atoms with Gasteiger partial charge in [0, 0.05) is 18.3 Å². The summed E-state index contributed by atoms with van der Waals surface area (Å²) >= 11 is 1.35. The molecule has 1 aliphatic heterocycles. The highest BCUT2D eigenvalue weighted by Crippen LogP contribution is 2.28. The van der Waals surface area contributed by atoms with Crippen LogP contribution in [0.4, 0.5) is 5.13 Å². The van der Waals surface area contributed by atoms with Gasteiger partial charge in [-0.2, -0.15) is 0 Å². The molecule has 2 rings (SSSR count). The van der Waals surface area contributed by atoms with Gasteiger partial charge in [0.15, 0.2) is 10.8 Å². The van der Waals surface area contributed by atoms with Crippen LogP contribution in [0.1, 0.15) is 23.8 Å². The summed E-state index contributed by atoms with van der Waals surface area (Å²) in [4.78, 5) is 17.2. The summed E-state index contributed by atoms with van der Waals surface area (Å²) in [5, 5.41) is 11.7. The second-order valence-corrected chi connectivity index (χ2v) is 4.04. The maximum absolute atomic E-state index is 11.3. The first-order valence-electron chi connectivity index (χ1n) is 4.79. The Bertz CT molecular complexity index is 366. The molecule has 1 N–H and O–H groups in total. The number of rotatable bonds is 3. The second-order valence-electron chi connectivity index (χ2n) is 3.20. The average molecular weight is 228 g/mol. The Labute approximate surface area is 91.3 Å². The van der Waals surface area contributed by atoms with Gasteiger partial charge in [-0.05, 0) is 6.92 Å². The van der Waals surface area contributed by atoms with E-state index in [9.17, 15) is 9.90 Å². The Kier molecular flexibility index (Phi) is 2.88. The first kappa shape index (κ1) is 10.4. The summed E-state index contributed by atoms with van der Waals surface area (Å²) < 4.78 is 4.82. The van der Waals surface area contributed by atoms with Crippen molar-refractivity contribution in [1.29, 1.82) is 0 Å². The molecular weight excluding hydrogens is 216 g/mol. The number of carbonyl (C=O) groups excluding carboxylic acids is 1. The van der Waals surface area contributed by atoms with E-state index in [1.54, 1.807) is 17.2 Å². The standard InChI is InChI=1S/C9H12N2O3S/c1-2-14-8(13)6-5-15-9(10-6)11-4-3-7(11)12/h5,7,12H,2-4H2,1H3. The number of ether oxygens (including phenoxy) is 1. The van der Waals surface area contributed by atoms with E-state index in [1.165, 1.54) is 11.3 Å². The molecular formula is C9H12N2O3S. The van der Waals surface area contributed by atoms with E-state index >= 15 is 0 Å². The topological polar surface area (TPSA) is 62.7 Å². The van der Waals surface area contributed by atoms with Gasteiger partial charge in [0.2, 0.25) is 0 Å². The minimum Gasteiger partial charge on any atom is -0.461 e. The molecule has 0 radical (unpaired) electrons. The molecule has 0 bridgehead atoms. The minimum absolute atomic E-state index is 0.316. The molecule has 1 aromatic rings. The number of carbonyl (C=O) groups is 1. The lowest BCUT2D eigenvalue weighted by atomic mass is 10.2. The molecule has 0 aromatic carbocycles. The summed E-state index contributed by atoms with van der Waals surface area (Å²) in [6.45, 7) is 2.89. The van der Waals surface area contributed by atoms with E-state index in [4.69, 9.17) is 4.74 Å². The SMILES string of the molecule is CCOC(=O)c1csc(N2CCC2O)n1. The third-order valence-electron chi connectivity index (χ3n) is 2.21. The third kappa shape index (κ3) is 1.95. The van der Waals surface area contributed by atoms with Crippen molar-refractivity contribution in [3.63, 3.8) is 0 Å². The first-order chi connectivity index (χ1) is 7.22. The normalized spacial score (nSPS) is 19.9. The lowest BCUT2D eigenvalue weighted by Crippen LogP contribution is -2.47. The van der Waals surface area contributed by atoms with E-state index in [1.807, 2.05) is 0 Å². The third-order valence-corrected chi connectivity index (χ3v) is 3.09. The molecule has 15 heavy (non-hydrogen) atoms. The van der Waals surface area contributed by atoms with E-state index in [0.29, 0.717) is 17.4 Å². The fraction of sp³-hybridized carbons (Fsp3) is 0.556. The van der Waals surface area contributed by atoms with Crippen LogP contribution in [0.3, 0.4) is 0 Å². The molecule has 5 nitrogen and oxygen atoms in total. The molecule has 1 aliphatic rings. The van der Waals surface area contributed by atoms with Gasteiger partial charge in [-0.3, -0.25) is 0 Å². The van der Waals surface area contributed by atoms with Crippen LogP contribution < -0.4 is 4.90 Å². The number of hydrogen-bond donors (Lipinski definition) is 1. The van der Waals surface area contributed by atoms with Gasteiger partial charge >= 0.3 is 5.97 Å². The highest BCUT2D eigenvalue weighted by Gasteiger charge is 2.28. The zero-order valence-corrected chi connectivity index (χ0v) is 9.16. The van der Waals surface area contributed by atoms with Crippen LogP contribution in [-0.2, 0) is 4.74 Å². The number of hydrogen-bond acceptors (Lipinski definition) is 6. The molecule has 82 valence electrons. The lowest BCUT2D eigenvalue weighted by molar-refractivity contribution is 0.0520. The first-order valence-corrected chi connectivity index (χ1v) is 5.67. The summed E-state index contributed by atoms with van der Waals surface area (Å²) in [6, 6.07) is 0. The number of aliphatic hydroxyl groups is 1. The van der Waals surface area contributed by atoms with Crippen LogP contribution >= 0.6 is 11.3 Å². The Morgan fingerprint density at radius 1 is 1.87 bits per heavy atom. The van der Waals surface area contributed by atoms with Crippen molar-refractivity contribution in [2.75, 3.05) is 18.1 Å². The van der Waals surface area contributed by atoms with Crippen LogP contribution in [0.15, 0.2) is 5.38 Å². The number of anilines is 1. The Hall–Kier alpha value is -1.14. The van der Waals surface area contributed by atoms with Gasteiger partial charge in [-0.15, -0.1) is 11.3 Å². The molecule has 2 heterocycles.